The molecule has 0 bridgehead atoms. The Balaban J connectivity index is 2.15. The van der Waals surface area contributed by atoms with Crippen molar-refractivity contribution in [3.63, 3.8) is 0 Å². The second-order valence-electron chi connectivity index (χ2n) is 3.70. The summed E-state index contributed by atoms with van der Waals surface area (Å²) in [4.78, 5) is 6.23. The van der Waals surface area contributed by atoms with Crippen molar-refractivity contribution in [1.29, 1.82) is 0 Å². The topological polar surface area (TPSA) is 21.1 Å². The highest BCUT2D eigenvalue weighted by molar-refractivity contribution is 5.51. The van der Waals surface area contributed by atoms with Crippen molar-refractivity contribution in [3.8, 4) is 0 Å². The molecule has 0 saturated carbocycles. The number of anilines is 1. The lowest BCUT2D eigenvalue weighted by Crippen LogP contribution is -2.21. The molecule has 0 aliphatic rings. The van der Waals surface area contributed by atoms with Gasteiger partial charge in [0.1, 0.15) is 0 Å². The van der Waals surface area contributed by atoms with Gasteiger partial charge in [0.2, 0.25) is 0 Å². The van der Waals surface area contributed by atoms with E-state index in [0.717, 1.165) is 6.67 Å². The van der Waals surface area contributed by atoms with Gasteiger partial charge in [-0.25, -0.2) is 4.98 Å². The molecule has 3 heteroatoms. The first-order valence-electron chi connectivity index (χ1n) is 5.00. The van der Waals surface area contributed by atoms with Crippen LogP contribution in [-0.4, -0.2) is 16.6 Å². The summed E-state index contributed by atoms with van der Waals surface area (Å²) in [6, 6.07) is 8.38. The van der Waals surface area contributed by atoms with Crippen molar-refractivity contribution < 1.29 is 0 Å². The van der Waals surface area contributed by atoms with Gasteiger partial charge in [0.15, 0.2) is 0 Å². The second kappa shape index (κ2) is 4.17. The summed E-state index contributed by atoms with van der Waals surface area (Å²) in [6.07, 6.45) is 5.59. The van der Waals surface area contributed by atoms with Gasteiger partial charge in [-0.05, 0) is 18.6 Å². The van der Waals surface area contributed by atoms with Crippen LogP contribution in [0.25, 0.3) is 0 Å². The second-order valence-corrected chi connectivity index (χ2v) is 3.70. The van der Waals surface area contributed by atoms with Crippen LogP contribution in [0.1, 0.15) is 5.56 Å². The number of benzene rings is 1. The smallest absolute Gasteiger partial charge is 0.0960 e. The third kappa shape index (κ3) is 2.18. The zero-order valence-corrected chi connectivity index (χ0v) is 9.09. The van der Waals surface area contributed by atoms with Crippen LogP contribution in [0.5, 0.6) is 0 Å². The van der Waals surface area contributed by atoms with E-state index in [2.05, 4.69) is 48.1 Å². The maximum atomic E-state index is 4.03. The van der Waals surface area contributed by atoms with Crippen LogP contribution < -0.4 is 4.90 Å². The van der Waals surface area contributed by atoms with Gasteiger partial charge >= 0.3 is 0 Å². The van der Waals surface area contributed by atoms with Crippen molar-refractivity contribution in [2.45, 2.75) is 13.6 Å². The third-order valence-corrected chi connectivity index (χ3v) is 2.46. The Bertz CT molecular complexity index is 420. The Hall–Kier alpha value is -1.77. The fourth-order valence-corrected chi connectivity index (χ4v) is 1.68. The lowest BCUT2D eigenvalue weighted by Gasteiger charge is -2.21. The summed E-state index contributed by atoms with van der Waals surface area (Å²) in [7, 11) is 2.09. The molecule has 0 unspecified atom stereocenters. The van der Waals surface area contributed by atoms with Crippen molar-refractivity contribution in [2.24, 2.45) is 0 Å². The number of rotatable bonds is 3. The summed E-state index contributed by atoms with van der Waals surface area (Å²) in [5, 5.41) is 0. The van der Waals surface area contributed by atoms with E-state index >= 15 is 0 Å². The average molecular weight is 201 g/mol. The zero-order valence-electron chi connectivity index (χ0n) is 9.09. The molecule has 0 spiro atoms. The molecule has 3 nitrogen and oxygen atoms in total. The molecule has 15 heavy (non-hydrogen) atoms. The standard InChI is InChI=1S/C12H15N3/c1-11-5-3-4-6-12(11)14(2)10-15-8-7-13-9-15/h3-9H,10H2,1-2H3. The lowest BCUT2D eigenvalue weighted by molar-refractivity contribution is 0.682. The lowest BCUT2D eigenvalue weighted by atomic mass is 10.2. The van der Waals surface area contributed by atoms with Crippen LogP contribution in [0.4, 0.5) is 5.69 Å². The zero-order chi connectivity index (χ0) is 10.7. The molecule has 0 atom stereocenters. The monoisotopic (exact) mass is 201 g/mol. The van der Waals surface area contributed by atoms with Gasteiger partial charge in [0.05, 0.1) is 13.0 Å². The molecule has 0 radical (unpaired) electrons. The molecule has 1 aromatic carbocycles. The van der Waals surface area contributed by atoms with Gasteiger partial charge in [-0.15, -0.1) is 0 Å². The normalized spacial score (nSPS) is 10.3. The predicted octanol–water partition coefficient (Wildman–Crippen LogP) is 2.29. The Morgan fingerprint density at radius 2 is 2.13 bits per heavy atom. The fraction of sp³-hybridized carbons (Fsp3) is 0.250. The molecule has 1 aromatic heterocycles. The van der Waals surface area contributed by atoms with E-state index in [1.165, 1.54) is 11.3 Å². The van der Waals surface area contributed by atoms with Crippen molar-refractivity contribution in [2.75, 3.05) is 11.9 Å². The molecule has 0 aliphatic heterocycles. The Morgan fingerprint density at radius 1 is 1.33 bits per heavy atom. The Labute approximate surface area is 90.0 Å². The summed E-state index contributed by atoms with van der Waals surface area (Å²) in [5.74, 6) is 0. The van der Waals surface area contributed by atoms with Crippen LogP contribution in [0.15, 0.2) is 43.0 Å². The number of para-hydroxylation sites is 1. The first-order chi connectivity index (χ1) is 7.27. The Morgan fingerprint density at radius 3 is 2.80 bits per heavy atom. The minimum absolute atomic E-state index is 0.824. The molecule has 0 N–H and O–H groups in total. The number of aromatic nitrogens is 2. The van der Waals surface area contributed by atoms with Crippen LogP contribution in [0.2, 0.25) is 0 Å². The molecule has 0 saturated heterocycles. The SMILES string of the molecule is Cc1ccccc1N(C)Cn1ccnc1. The fourth-order valence-electron chi connectivity index (χ4n) is 1.68. The van der Waals surface area contributed by atoms with E-state index in [1.807, 2.05) is 17.1 Å². The maximum absolute atomic E-state index is 4.03. The quantitative estimate of drug-likeness (QED) is 0.759. The van der Waals surface area contributed by atoms with Crippen LogP contribution >= 0.6 is 0 Å². The highest BCUT2D eigenvalue weighted by Gasteiger charge is 2.03. The predicted molar refractivity (Wildman–Crippen MR) is 61.8 cm³/mol. The van der Waals surface area contributed by atoms with E-state index in [1.54, 1.807) is 6.20 Å². The van der Waals surface area contributed by atoms with E-state index < -0.39 is 0 Å². The van der Waals surface area contributed by atoms with Gasteiger partial charge in [0.25, 0.3) is 0 Å². The third-order valence-electron chi connectivity index (χ3n) is 2.46. The molecule has 78 valence electrons. The largest absolute Gasteiger partial charge is 0.356 e. The number of nitrogens with zero attached hydrogens (tertiary/aromatic N) is 3. The van der Waals surface area contributed by atoms with Crippen LogP contribution in [-0.2, 0) is 6.67 Å². The highest BCUT2D eigenvalue weighted by Crippen LogP contribution is 2.17. The van der Waals surface area contributed by atoms with E-state index in [-0.39, 0.29) is 0 Å². The first kappa shape index (κ1) is 9.77. The molecule has 2 aromatic rings. The molecule has 0 amide bonds. The molecule has 0 fully saturated rings. The number of aryl methyl sites for hydroxylation is 1. The summed E-state index contributed by atoms with van der Waals surface area (Å²) < 4.78 is 2.05. The molecule has 0 aliphatic carbocycles. The molecule has 2 rings (SSSR count). The first-order valence-corrected chi connectivity index (χ1v) is 5.00. The van der Waals surface area contributed by atoms with Crippen molar-refractivity contribution >= 4 is 5.69 Å². The number of imidazole rings is 1. The van der Waals surface area contributed by atoms with Gasteiger partial charge in [0, 0.05) is 25.1 Å². The minimum Gasteiger partial charge on any atom is -0.356 e. The minimum atomic E-state index is 0.824. The summed E-state index contributed by atoms with van der Waals surface area (Å²) in [5.41, 5.74) is 2.55. The van der Waals surface area contributed by atoms with Crippen LogP contribution in [0, 0.1) is 6.92 Å². The average Bonchev–Trinajstić information content (AvgIpc) is 2.71. The van der Waals surface area contributed by atoms with Crippen LogP contribution in [0.3, 0.4) is 0 Å². The number of hydrogen-bond donors (Lipinski definition) is 0. The summed E-state index contributed by atoms with van der Waals surface area (Å²) >= 11 is 0. The molecular formula is C12H15N3. The molecular weight excluding hydrogens is 186 g/mol. The maximum Gasteiger partial charge on any atom is 0.0960 e. The van der Waals surface area contributed by atoms with Gasteiger partial charge in [-0.2, -0.15) is 0 Å². The van der Waals surface area contributed by atoms with Gasteiger partial charge in [-0.3, -0.25) is 0 Å². The molecule has 1 heterocycles. The number of hydrogen-bond acceptors (Lipinski definition) is 2. The van der Waals surface area contributed by atoms with E-state index in [0.29, 0.717) is 0 Å². The highest BCUT2D eigenvalue weighted by atomic mass is 15.2. The van der Waals surface area contributed by atoms with Gasteiger partial charge < -0.3 is 9.47 Å². The van der Waals surface area contributed by atoms with E-state index in [4.69, 9.17) is 0 Å². The van der Waals surface area contributed by atoms with Gasteiger partial charge in [-0.1, -0.05) is 18.2 Å². The van der Waals surface area contributed by atoms with Crippen molar-refractivity contribution in [1.82, 2.24) is 9.55 Å². The van der Waals surface area contributed by atoms with Crippen molar-refractivity contribution in [3.05, 3.63) is 48.5 Å². The van der Waals surface area contributed by atoms with E-state index in [9.17, 15) is 0 Å². The summed E-state index contributed by atoms with van der Waals surface area (Å²) in [6.45, 7) is 2.95. The Kier molecular flexibility index (Phi) is 2.72.